The number of nitrogen functional groups attached to an aromatic ring is 1. The molecule has 144 valence electrons. The zero-order chi connectivity index (χ0) is 19.4. The van der Waals surface area contributed by atoms with Gasteiger partial charge in [0.15, 0.2) is 5.82 Å². The van der Waals surface area contributed by atoms with Crippen LogP contribution < -0.4 is 10.5 Å². The van der Waals surface area contributed by atoms with E-state index in [1.54, 1.807) is 18.9 Å². The molecule has 0 amide bonds. The van der Waals surface area contributed by atoms with Gasteiger partial charge < -0.3 is 15.0 Å². The molecule has 2 N–H and O–H groups in total. The third-order valence-corrected chi connectivity index (χ3v) is 5.31. The smallest absolute Gasteiger partial charge is 0.174 e. The van der Waals surface area contributed by atoms with Gasteiger partial charge in [-0.2, -0.15) is 0 Å². The summed E-state index contributed by atoms with van der Waals surface area (Å²) in [5, 5.41) is 9.80. The summed E-state index contributed by atoms with van der Waals surface area (Å²) in [6.07, 6.45) is 3.11. The van der Waals surface area contributed by atoms with E-state index in [2.05, 4.69) is 47.7 Å². The Labute approximate surface area is 164 Å². The van der Waals surface area contributed by atoms with Crippen LogP contribution in [0.15, 0.2) is 29.3 Å². The van der Waals surface area contributed by atoms with E-state index in [0.717, 1.165) is 53.4 Å². The molecule has 2 aromatic heterocycles. The first kappa shape index (κ1) is 19.5. The molecule has 0 unspecified atom stereocenters. The van der Waals surface area contributed by atoms with Crippen LogP contribution in [0.4, 0.5) is 5.82 Å². The minimum atomic E-state index is 0.393. The summed E-state index contributed by atoms with van der Waals surface area (Å²) in [6, 6.07) is 8.14. The number of benzene rings is 1. The Balaban J connectivity index is 2.11. The SMILES string of the molecule is CCCCc1nc2c(N)nnc(SC(C)C)c2n1Cc1ccc(OC)cc1. The van der Waals surface area contributed by atoms with Crippen molar-refractivity contribution < 1.29 is 4.74 Å². The number of nitrogens with zero attached hydrogens (tertiary/aromatic N) is 4. The van der Waals surface area contributed by atoms with Crippen molar-refractivity contribution in [3.63, 3.8) is 0 Å². The molecule has 0 fully saturated rings. The number of hydrogen-bond acceptors (Lipinski definition) is 6. The van der Waals surface area contributed by atoms with E-state index in [9.17, 15) is 0 Å². The summed E-state index contributed by atoms with van der Waals surface area (Å²) in [5.41, 5.74) is 9.05. The van der Waals surface area contributed by atoms with Crippen LogP contribution in [-0.2, 0) is 13.0 Å². The molecule has 0 aliphatic carbocycles. The number of anilines is 1. The van der Waals surface area contributed by atoms with E-state index < -0.39 is 0 Å². The van der Waals surface area contributed by atoms with E-state index in [0.29, 0.717) is 11.1 Å². The largest absolute Gasteiger partial charge is 0.497 e. The van der Waals surface area contributed by atoms with Crippen LogP contribution in [0.25, 0.3) is 11.0 Å². The molecule has 1 aromatic carbocycles. The quantitative estimate of drug-likeness (QED) is 0.582. The number of fused-ring (bicyclic) bond motifs is 1. The Hall–Kier alpha value is -2.28. The lowest BCUT2D eigenvalue weighted by Gasteiger charge is -2.12. The van der Waals surface area contributed by atoms with Gasteiger partial charge >= 0.3 is 0 Å². The summed E-state index contributed by atoms with van der Waals surface area (Å²) in [5.74, 6) is 2.28. The van der Waals surface area contributed by atoms with Gasteiger partial charge in [-0.05, 0) is 24.1 Å². The number of rotatable bonds is 8. The minimum Gasteiger partial charge on any atom is -0.497 e. The van der Waals surface area contributed by atoms with E-state index >= 15 is 0 Å². The number of aromatic nitrogens is 4. The average molecular weight is 386 g/mol. The van der Waals surface area contributed by atoms with Gasteiger partial charge in [-0.1, -0.05) is 51.1 Å². The van der Waals surface area contributed by atoms with Gasteiger partial charge in [0, 0.05) is 18.2 Å². The Morgan fingerprint density at radius 3 is 2.56 bits per heavy atom. The molecule has 0 atom stereocenters. The van der Waals surface area contributed by atoms with Crippen molar-refractivity contribution in [2.45, 2.75) is 56.9 Å². The fraction of sp³-hybridized carbons (Fsp3) is 0.450. The predicted molar refractivity (Wildman–Crippen MR) is 111 cm³/mol. The van der Waals surface area contributed by atoms with Crippen molar-refractivity contribution in [1.29, 1.82) is 0 Å². The molecule has 0 saturated heterocycles. The zero-order valence-electron chi connectivity index (χ0n) is 16.4. The topological polar surface area (TPSA) is 78.9 Å². The summed E-state index contributed by atoms with van der Waals surface area (Å²) in [6.45, 7) is 7.21. The van der Waals surface area contributed by atoms with E-state index in [1.165, 1.54) is 5.56 Å². The van der Waals surface area contributed by atoms with Crippen molar-refractivity contribution >= 4 is 28.6 Å². The number of unbranched alkanes of at least 4 members (excludes halogenated alkanes) is 1. The van der Waals surface area contributed by atoms with E-state index in [-0.39, 0.29) is 0 Å². The van der Waals surface area contributed by atoms with Gasteiger partial charge in [0.1, 0.15) is 27.6 Å². The number of thioether (sulfide) groups is 1. The van der Waals surface area contributed by atoms with Crippen molar-refractivity contribution in [3.05, 3.63) is 35.7 Å². The van der Waals surface area contributed by atoms with Crippen molar-refractivity contribution in [3.8, 4) is 5.75 Å². The number of nitrogens with two attached hydrogens (primary N) is 1. The Morgan fingerprint density at radius 2 is 1.93 bits per heavy atom. The molecular weight excluding hydrogens is 358 g/mol. The molecule has 0 radical (unpaired) electrons. The lowest BCUT2D eigenvalue weighted by atomic mass is 10.2. The van der Waals surface area contributed by atoms with Crippen molar-refractivity contribution in [2.75, 3.05) is 12.8 Å². The molecule has 0 aliphatic rings. The maximum absolute atomic E-state index is 6.12. The highest BCUT2D eigenvalue weighted by Crippen LogP contribution is 2.32. The molecule has 27 heavy (non-hydrogen) atoms. The van der Waals surface area contributed by atoms with Crippen molar-refractivity contribution in [2.24, 2.45) is 0 Å². The summed E-state index contributed by atoms with van der Waals surface area (Å²) in [4.78, 5) is 4.84. The molecule has 7 heteroatoms. The maximum atomic E-state index is 6.12. The monoisotopic (exact) mass is 385 g/mol. The van der Waals surface area contributed by atoms with Gasteiger partial charge in [0.05, 0.1) is 7.11 Å². The first-order valence-corrected chi connectivity index (χ1v) is 10.2. The van der Waals surface area contributed by atoms with Gasteiger partial charge in [-0.3, -0.25) is 0 Å². The molecule has 6 nitrogen and oxygen atoms in total. The Kier molecular flexibility index (Phi) is 6.21. The second-order valence-electron chi connectivity index (χ2n) is 6.82. The maximum Gasteiger partial charge on any atom is 0.174 e. The molecule has 0 saturated carbocycles. The minimum absolute atomic E-state index is 0.393. The highest BCUT2D eigenvalue weighted by molar-refractivity contribution is 8.00. The van der Waals surface area contributed by atoms with Crippen LogP contribution in [0.1, 0.15) is 45.0 Å². The van der Waals surface area contributed by atoms with Crippen LogP contribution in [0.5, 0.6) is 5.75 Å². The second kappa shape index (κ2) is 8.61. The fourth-order valence-corrected chi connectivity index (χ4v) is 3.85. The zero-order valence-corrected chi connectivity index (χ0v) is 17.2. The van der Waals surface area contributed by atoms with Crippen LogP contribution in [0, 0.1) is 0 Å². The molecule has 0 aliphatic heterocycles. The first-order valence-electron chi connectivity index (χ1n) is 9.34. The summed E-state index contributed by atoms with van der Waals surface area (Å²) < 4.78 is 7.53. The van der Waals surface area contributed by atoms with Crippen molar-refractivity contribution in [1.82, 2.24) is 19.7 Å². The van der Waals surface area contributed by atoms with Gasteiger partial charge in [0.2, 0.25) is 0 Å². The Morgan fingerprint density at radius 1 is 1.19 bits per heavy atom. The van der Waals surface area contributed by atoms with E-state index in [4.69, 9.17) is 15.5 Å². The highest BCUT2D eigenvalue weighted by Gasteiger charge is 2.19. The second-order valence-corrected chi connectivity index (χ2v) is 8.39. The number of hydrogen-bond donors (Lipinski definition) is 1. The summed E-state index contributed by atoms with van der Waals surface area (Å²) in [7, 11) is 1.68. The normalized spacial score (nSPS) is 11.4. The van der Waals surface area contributed by atoms with Gasteiger partial charge in [-0.25, -0.2) is 4.98 Å². The molecule has 3 aromatic rings. The first-order chi connectivity index (χ1) is 13.0. The van der Waals surface area contributed by atoms with Gasteiger partial charge in [0.25, 0.3) is 0 Å². The van der Waals surface area contributed by atoms with E-state index in [1.807, 2.05) is 12.1 Å². The lowest BCUT2D eigenvalue weighted by Crippen LogP contribution is -2.07. The highest BCUT2D eigenvalue weighted by atomic mass is 32.2. The molecule has 3 rings (SSSR count). The standard InChI is InChI=1S/C20H27N5OS/c1-5-6-7-16-22-17-18(20(27-13(2)3)24-23-19(17)21)25(16)12-14-8-10-15(26-4)11-9-14/h8-11,13H,5-7,12H2,1-4H3,(H2,21,23). The summed E-state index contributed by atoms with van der Waals surface area (Å²) >= 11 is 1.69. The predicted octanol–water partition coefficient (Wildman–Crippen LogP) is 4.31. The Bertz CT molecular complexity index is 905. The molecule has 0 bridgehead atoms. The van der Waals surface area contributed by atoms with Crippen LogP contribution in [-0.4, -0.2) is 32.1 Å². The third-order valence-electron chi connectivity index (χ3n) is 4.34. The third kappa shape index (κ3) is 4.35. The number of aryl methyl sites for hydroxylation is 1. The fourth-order valence-electron chi connectivity index (χ4n) is 3.00. The number of ether oxygens (including phenoxy) is 1. The van der Waals surface area contributed by atoms with Crippen LogP contribution in [0.2, 0.25) is 0 Å². The number of methoxy groups -OCH3 is 1. The number of imidazole rings is 1. The van der Waals surface area contributed by atoms with Crippen LogP contribution >= 0.6 is 11.8 Å². The molecule has 0 spiro atoms. The van der Waals surface area contributed by atoms with Crippen LogP contribution in [0.3, 0.4) is 0 Å². The molecular formula is C20H27N5OS. The van der Waals surface area contributed by atoms with Gasteiger partial charge in [-0.15, -0.1) is 10.2 Å². The molecule has 2 heterocycles. The lowest BCUT2D eigenvalue weighted by molar-refractivity contribution is 0.414. The average Bonchev–Trinajstić information content (AvgIpc) is 3.02.